The number of anilines is 2. The Bertz CT molecular complexity index is 1600. The summed E-state index contributed by atoms with van der Waals surface area (Å²) in [6.07, 6.45) is 7.66. The van der Waals surface area contributed by atoms with Gasteiger partial charge in [-0.1, -0.05) is 31.2 Å². The predicted molar refractivity (Wildman–Crippen MR) is 194 cm³/mol. The lowest BCUT2D eigenvalue weighted by atomic mass is 9.95. The molecular formula is C37H50N10O3. The molecule has 2 N–H and O–H groups in total. The number of aromatic nitrogens is 3. The van der Waals surface area contributed by atoms with Gasteiger partial charge in [-0.15, -0.1) is 0 Å². The molecule has 0 bridgehead atoms. The van der Waals surface area contributed by atoms with Crippen LogP contribution in [-0.4, -0.2) is 149 Å². The van der Waals surface area contributed by atoms with Crippen molar-refractivity contribution in [3.05, 3.63) is 66.2 Å². The Kier molecular flexibility index (Phi) is 12.0. The van der Waals surface area contributed by atoms with Crippen molar-refractivity contribution < 1.29 is 14.4 Å². The average Bonchev–Trinajstić information content (AvgIpc) is 3.15. The fourth-order valence-corrected chi connectivity index (χ4v) is 6.91. The van der Waals surface area contributed by atoms with Crippen molar-refractivity contribution in [1.82, 2.24) is 39.5 Å². The lowest BCUT2D eigenvalue weighted by molar-refractivity contribution is -0.134. The van der Waals surface area contributed by atoms with E-state index in [0.29, 0.717) is 37.2 Å². The highest BCUT2D eigenvalue weighted by molar-refractivity contribution is 6.03. The number of pyridine rings is 1. The van der Waals surface area contributed by atoms with E-state index < -0.39 is 0 Å². The Morgan fingerprint density at radius 1 is 0.800 bits per heavy atom. The van der Waals surface area contributed by atoms with Gasteiger partial charge in [-0.2, -0.15) is 0 Å². The van der Waals surface area contributed by atoms with Crippen molar-refractivity contribution in [2.45, 2.75) is 26.2 Å². The zero-order valence-electron chi connectivity index (χ0n) is 29.4. The van der Waals surface area contributed by atoms with Crippen molar-refractivity contribution in [2.24, 2.45) is 5.92 Å². The molecule has 0 unspecified atom stereocenters. The molecule has 13 heteroatoms. The Hall–Kier alpha value is -4.46. The smallest absolute Gasteiger partial charge is 0.274 e. The highest BCUT2D eigenvalue weighted by Crippen LogP contribution is 2.28. The van der Waals surface area contributed by atoms with E-state index in [1.807, 2.05) is 28.0 Å². The predicted octanol–water partition coefficient (Wildman–Crippen LogP) is 2.40. The van der Waals surface area contributed by atoms with Gasteiger partial charge in [-0.05, 0) is 55.5 Å². The number of carbonyl (C=O) groups excluding carboxylic acids is 3. The number of piperazine rings is 2. The average molecular weight is 683 g/mol. The summed E-state index contributed by atoms with van der Waals surface area (Å²) in [5, 5.41) is 5.86. The van der Waals surface area contributed by atoms with Crippen LogP contribution in [0.15, 0.2) is 55.0 Å². The standard InChI is InChI=1S/C37H50N10O3/c1-3-28-6-4-7-30(22-28)31-23-32(42-33(48)25-41-37-38-10-5-11-39-37)35(40-24-31)36(50)47-12-8-29(9-13-47)26-44-16-18-45(19-17-44)27-34(49)46-20-14-43(2)15-21-46/h4-7,10-11,22-24,29H,3,8-9,12-21,25-27H2,1-2H3,(H,42,48)(H,38,39,41). The molecule has 3 amide bonds. The van der Waals surface area contributed by atoms with Crippen molar-refractivity contribution in [3.63, 3.8) is 0 Å². The van der Waals surface area contributed by atoms with Crippen LogP contribution < -0.4 is 10.6 Å². The summed E-state index contributed by atoms with van der Waals surface area (Å²) in [7, 11) is 2.10. The molecule has 0 atom stereocenters. The third-order valence-corrected chi connectivity index (χ3v) is 10.1. The van der Waals surface area contributed by atoms with Crippen LogP contribution in [0.5, 0.6) is 0 Å². The SMILES string of the molecule is CCc1cccc(-c2cnc(C(=O)N3CCC(CN4CCN(CC(=O)N5CCN(C)CC5)CC4)CC3)c(NC(=O)CNc3ncccn3)c2)c1. The fraction of sp³-hybridized carbons (Fsp3) is 0.514. The first-order chi connectivity index (χ1) is 24.3. The molecule has 266 valence electrons. The zero-order valence-corrected chi connectivity index (χ0v) is 29.4. The second kappa shape index (κ2) is 17.0. The summed E-state index contributed by atoms with van der Waals surface area (Å²) >= 11 is 0. The van der Waals surface area contributed by atoms with Crippen LogP contribution in [-0.2, 0) is 16.0 Å². The Morgan fingerprint density at radius 2 is 1.52 bits per heavy atom. The van der Waals surface area contributed by atoms with Crippen LogP contribution >= 0.6 is 0 Å². The van der Waals surface area contributed by atoms with Crippen molar-refractivity contribution >= 4 is 29.4 Å². The third-order valence-electron chi connectivity index (χ3n) is 10.1. The van der Waals surface area contributed by atoms with Crippen molar-refractivity contribution in [2.75, 3.05) is 103 Å². The first-order valence-corrected chi connectivity index (χ1v) is 17.9. The zero-order chi connectivity index (χ0) is 34.9. The largest absolute Gasteiger partial charge is 0.345 e. The number of benzene rings is 1. The summed E-state index contributed by atoms with van der Waals surface area (Å²) < 4.78 is 0. The van der Waals surface area contributed by atoms with E-state index in [2.05, 4.69) is 66.4 Å². The van der Waals surface area contributed by atoms with Gasteiger partial charge in [0.25, 0.3) is 5.91 Å². The maximum absolute atomic E-state index is 13.9. The van der Waals surface area contributed by atoms with E-state index in [4.69, 9.17) is 0 Å². The van der Waals surface area contributed by atoms with Crippen LogP contribution in [0.2, 0.25) is 0 Å². The lowest BCUT2D eigenvalue weighted by Gasteiger charge is -2.39. The lowest BCUT2D eigenvalue weighted by Crippen LogP contribution is -2.53. The summed E-state index contributed by atoms with van der Waals surface area (Å²) in [6, 6.07) is 11.8. The van der Waals surface area contributed by atoms with Crippen LogP contribution in [0, 0.1) is 5.92 Å². The molecular weight excluding hydrogens is 632 g/mol. The van der Waals surface area contributed by atoms with E-state index >= 15 is 0 Å². The molecule has 13 nitrogen and oxygen atoms in total. The highest BCUT2D eigenvalue weighted by Gasteiger charge is 2.29. The molecule has 2 aromatic heterocycles. The number of rotatable bonds is 11. The van der Waals surface area contributed by atoms with Crippen LogP contribution in [0.3, 0.4) is 0 Å². The van der Waals surface area contributed by atoms with E-state index in [1.165, 1.54) is 5.56 Å². The molecule has 50 heavy (non-hydrogen) atoms. The molecule has 3 fully saturated rings. The first-order valence-electron chi connectivity index (χ1n) is 17.9. The molecule has 6 rings (SSSR count). The molecule has 3 aliphatic heterocycles. The fourth-order valence-electron chi connectivity index (χ4n) is 6.91. The Labute approximate surface area is 295 Å². The number of nitrogens with one attached hydrogen (secondary N) is 2. The minimum Gasteiger partial charge on any atom is -0.345 e. The van der Waals surface area contributed by atoms with Crippen LogP contribution in [0.25, 0.3) is 11.1 Å². The number of aryl methyl sites for hydroxylation is 1. The van der Waals surface area contributed by atoms with E-state index in [0.717, 1.165) is 89.3 Å². The monoisotopic (exact) mass is 682 g/mol. The molecule has 0 radical (unpaired) electrons. The quantitative estimate of drug-likeness (QED) is 0.311. The maximum atomic E-state index is 13.9. The number of likely N-dealkylation sites (tertiary alicyclic amines) is 1. The van der Waals surface area contributed by atoms with E-state index in [-0.39, 0.29) is 30.0 Å². The second-order valence-corrected chi connectivity index (χ2v) is 13.6. The summed E-state index contributed by atoms with van der Waals surface area (Å²) in [4.78, 5) is 63.6. The van der Waals surface area contributed by atoms with Crippen molar-refractivity contribution in [3.8, 4) is 11.1 Å². The summed E-state index contributed by atoms with van der Waals surface area (Å²) in [6.45, 7) is 12.1. The van der Waals surface area contributed by atoms with Crippen molar-refractivity contribution in [1.29, 1.82) is 0 Å². The van der Waals surface area contributed by atoms with Gasteiger partial charge in [0.05, 0.1) is 18.8 Å². The Balaban J connectivity index is 1.03. The minimum absolute atomic E-state index is 0.0561. The molecule has 3 aromatic rings. The normalized spacial score (nSPS) is 18.2. The van der Waals surface area contributed by atoms with Gasteiger partial charge >= 0.3 is 0 Å². The van der Waals surface area contributed by atoms with Gasteiger partial charge in [0.15, 0.2) is 5.69 Å². The van der Waals surface area contributed by atoms with E-state index in [1.54, 1.807) is 24.7 Å². The van der Waals surface area contributed by atoms with E-state index in [9.17, 15) is 14.4 Å². The molecule has 3 aliphatic rings. The molecule has 5 heterocycles. The van der Waals surface area contributed by atoms with Crippen LogP contribution in [0.4, 0.5) is 11.6 Å². The van der Waals surface area contributed by atoms with Gasteiger partial charge in [0, 0.05) is 96.1 Å². The number of hydrogen-bond donors (Lipinski definition) is 2. The first kappa shape index (κ1) is 35.4. The van der Waals surface area contributed by atoms with Gasteiger partial charge < -0.3 is 30.2 Å². The van der Waals surface area contributed by atoms with Gasteiger partial charge in [-0.3, -0.25) is 19.3 Å². The third kappa shape index (κ3) is 9.40. The van der Waals surface area contributed by atoms with Gasteiger partial charge in [-0.25, -0.2) is 15.0 Å². The summed E-state index contributed by atoms with van der Waals surface area (Å²) in [5.74, 6) is 0.605. The molecule has 1 aromatic carbocycles. The number of hydrogen-bond acceptors (Lipinski definition) is 10. The summed E-state index contributed by atoms with van der Waals surface area (Å²) in [5.41, 5.74) is 3.63. The number of likely N-dealkylation sites (N-methyl/N-ethyl adjacent to an activating group) is 1. The number of piperidine rings is 1. The molecule has 0 saturated carbocycles. The molecule has 0 spiro atoms. The number of carbonyl (C=O) groups is 3. The number of nitrogens with zero attached hydrogens (tertiary/aromatic N) is 8. The minimum atomic E-state index is -0.324. The highest BCUT2D eigenvalue weighted by atomic mass is 16.2. The molecule has 3 saturated heterocycles. The topological polar surface area (TPSA) is 130 Å². The molecule has 0 aliphatic carbocycles. The second-order valence-electron chi connectivity index (χ2n) is 13.6. The number of amides is 3. The van der Waals surface area contributed by atoms with Crippen LogP contribution in [0.1, 0.15) is 35.8 Å². The maximum Gasteiger partial charge on any atom is 0.274 e. The van der Waals surface area contributed by atoms with Gasteiger partial charge in [0.1, 0.15) is 0 Å². The Morgan fingerprint density at radius 3 is 2.24 bits per heavy atom. The van der Waals surface area contributed by atoms with Gasteiger partial charge in [0.2, 0.25) is 17.8 Å².